The quantitative estimate of drug-likeness (QED) is 0.320. The Kier molecular flexibility index (Phi) is 8.52. The molecule has 0 saturated carbocycles. The lowest BCUT2D eigenvalue weighted by Crippen LogP contribution is -2.42. The second kappa shape index (κ2) is 11.5. The first kappa shape index (κ1) is 27.5. The van der Waals surface area contributed by atoms with Crippen LogP contribution >= 0.6 is 23.4 Å². The van der Waals surface area contributed by atoms with E-state index in [0.717, 1.165) is 49.7 Å². The fraction of sp³-hybridized carbons (Fsp3) is 0.385. The van der Waals surface area contributed by atoms with Crippen molar-refractivity contribution in [3.8, 4) is 16.9 Å². The highest BCUT2D eigenvalue weighted by molar-refractivity contribution is 8.00. The number of ketones is 1. The van der Waals surface area contributed by atoms with Gasteiger partial charge in [-0.05, 0) is 55.8 Å². The summed E-state index contributed by atoms with van der Waals surface area (Å²) in [4.78, 5) is 30.5. The number of carbonyl (C=O) groups is 1. The van der Waals surface area contributed by atoms with Gasteiger partial charge in [-0.15, -0.1) is 11.8 Å². The number of alkyl halides is 3. The highest BCUT2D eigenvalue weighted by Gasteiger charge is 2.31. The van der Waals surface area contributed by atoms with Gasteiger partial charge in [0.2, 0.25) is 0 Å². The number of fused-ring (bicyclic) bond motifs is 1. The van der Waals surface area contributed by atoms with Crippen molar-refractivity contribution in [3.63, 3.8) is 0 Å². The maximum absolute atomic E-state index is 13.5. The Morgan fingerprint density at radius 1 is 1.19 bits per heavy atom. The van der Waals surface area contributed by atoms with Crippen molar-refractivity contribution in [2.45, 2.75) is 42.8 Å². The number of nitrogens with zero attached hydrogens (tertiary/aromatic N) is 1. The molecule has 2 heterocycles. The zero-order chi connectivity index (χ0) is 26.7. The summed E-state index contributed by atoms with van der Waals surface area (Å²) in [5.41, 5.74) is -1.17. The molecule has 0 spiro atoms. The smallest absolute Gasteiger partial charge is 0.416 e. The molecule has 0 amide bonds. The van der Waals surface area contributed by atoms with Crippen molar-refractivity contribution in [1.29, 1.82) is 0 Å². The molecular formula is C26H26ClF3N2O4S. The van der Waals surface area contributed by atoms with E-state index in [0.29, 0.717) is 6.54 Å². The summed E-state index contributed by atoms with van der Waals surface area (Å²) in [5, 5.41) is 20.4. The average molecular weight is 555 g/mol. The molecule has 198 valence electrons. The highest BCUT2D eigenvalue weighted by atomic mass is 35.5. The van der Waals surface area contributed by atoms with Crippen LogP contribution in [0.1, 0.15) is 31.2 Å². The van der Waals surface area contributed by atoms with E-state index in [9.17, 15) is 33.0 Å². The third-order valence-electron chi connectivity index (χ3n) is 6.54. The number of aliphatic hydroxyl groups is 1. The lowest BCUT2D eigenvalue weighted by molar-refractivity contribution is -0.137. The van der Waals surface area contributed by atoms with Gasteiger partial charge in [0.05, 0.1) is 22.8 Å². The Bertz CT molecular complexity index is 1360. The van der Waals surface area contributed by atoms with Crippen LogP contribution in [0.25, 0.3) is 22.0 Å². The number of nitrogens with one attached hydrogen (secondary N) is 1. The number of phenols is 1. The van der Waals surface area contributed by atoms with E-state index in [1.54, 1.807) is 0 Å². The Morgan fingerprint density at radius 2 is 1.97 bits per heavy atom. The first-order chi connectivity index (χ1) is 17.6. The van der Waals surface area contributed by atoms with Gasteiger partial charge in [0, 0.05) is 46.1 Å². The third-order valence-corrected chi connectivity index (χ3v) is 7.92. The Morgan fingerprint density at radius 3 is 2.70 bits per heavy atom. The summed E-state index contributed by atoms with van der Waals surface area (Å²) in [6.07, 6.45) is -1.50. The number of phenolic OH excluding ortho intramolecular Hbond substituents is 1. The minimum absolute atomic E-state index is 0.0175. The van der Waals surface area contributed by atoms with Crippen molar-refractivity contribution in [2.75, 3.05) is 25.4 Å². The second-order valence-electron chi connectivity index (χ2n) is 9.02. The molecule has 4 rings (SSSR count). The second-order valence-corrected chi connectivity index (χ2v) is 10.4. The van der Waals surface area contributed by atoms with Crippen LogP contribution < -0.4 is 5.56 Å². The molecule has 6 nitrogen and oxygen atoms in total. The van der Waals surface area contributed by atoms with Gasteiger partial charge in [-0.25, -0.2) is 0 Å². The highest BCUT2D eigenvalue weighted by Crippen LogP contribution is 2.42. The number of carbonyl (C=O) groups excluding carboxylic acids is 1. The number of pyridine rings is 1. The van der Waals surface area contributed by atoms with Crippen molar-refractivity contribution >= 4 is 40.0 Å². The van der Waals surface area contributed by atoms with Crippen LogP contribution in [0.15, 0.2) is 46.1 Å². The molecule has 1 unspecified atom stereocenters. The number of hydrogen-bond donors (Lipinski definition) is 3. The molecule has 3 aromatic rings. The predicted molar refractivity (Wildman–Crippen MR) is 138 cm³/mol. The maximum atomic E-state index is 13.5. The molecular weight excluding hydrogens is 529 g/mol. The van der Waals surface area contributed by atoms with Crippen LogP contribution in [-0.4, -0.2) is 57.4 Å². The van der Waals surface area contributed by atoms with Crippen LogP contribution in [-0.2, 0) is 11.0 Å². The van der Waals surface area contributed by atoms with Gasteiger partial charge in [0.1, 0.15) is 11.5 Å². The summed E-state index contributed by atoms with van der Waals surface area (Å²) in [7, 11) is 0. The van der Waals surface area contributed by atoms with E-state index in [4.69, 9.17) is 11.6 Å². The molecule has 37 heavy (non-hydrogen) atoms. The summed E-state index contributed by atoms with van der Waals surface area (Å²) < 4.78 is 40.5. The average Bonchev–Trinajstić information content (AvgIpc) is 2.86. The van der Waals surface area contributed by atoms with E-state index in [1.165, 1.54) is 24.3 Å². The van der Waals surface area contributed by atoms with E-state index in [1.807, 2.05) is 0 Å². The minimum Gasteiger partial charge on any atom is -0.507 e. The van der Waals surface area contributed by atoms with Gasteiger partial charge in [-0.1, -0.05) is 18.0 Å². The lowest BCUT2D eigenvalue weighted by Gasteiger charge is -2.34. The SMILES string of the molecule is O=C(CCN1CCCCC1CO)CSc1c(-c2cc(Cl)ccc2O)c2cc(C(F)(F)F)ccc2[nH]c1=O. The van der Waals surface area contributed by atoms with Crippen molar-refractivity contribution in [3.05, 3.63) is 57.3 Å². The van der Waals surface area contributed by atoms with Gasteiger partial charge >= 0.3 is 6.18 Å². The van der Waals surface area contributed by atoms with Gasteiger partial charge < -0.3 is 15.2 Å². The molecule has 11 heteroatoms. The monoisotopic (exact) mass is 554 g/mol. The molecule has 1 aliphatic heterocycles. The van der Waals surface area contributed by atoms with E-state index in [-0.39, 0.29) is 68.3 Å². The summed E-state index contributed by atoms with van der Waals surface area (Å²) in [6.45, 7) is 1.31. The summed E-state index contributed by atoms with van der Waals surface area (Å²) in [5.74, 6) is -0.487. The van der Waals surface area contributed by atoms with E-state index < -0.39 is 17.3 Å². The Labute approximate surface area is 220 Å². The minimum atomic E-state index is -4.62. The fourth-order valence-electron chi connectivity index (χ4n) is 4.62. The van der Waals surface area contributed by atoms with Crippen LogP contribution in [0, 0.1) is 0 Å². The molecule has 1 aromatic heterocycles. The van der Waals surface area contributed by atoms with Crippen LogP contribution in [0.4, 0.5) is 13.2 Å². The normalized spacial score (nSPS) is 16.8. The van der Waals surface area contributed by atoms with E-state index in [2.05, 4.69) is 9.88 Å². The predicted octanol–water partition coefficient (Wildman–Crippen LogP) is 5.47. The first-order valence-corrected chi connectivity index (χ1v) is 13.2. The number of aromatic nitrogens is 1. The molecule has 0 bridgehead atoms. The number of halogens is 4. The standard InChI is InChI=1S/C26H26ClF3N2O4S/c27-16-5-7-22(35)20(12-16)23-19-11-15(26(28,29)30)4-6-21(19)31-25(36)24(23)37-14-18(34)8-10-32-9-2-1-3-17(32)13-33/h4-7,11-12,17,33,35H,1-3,8-10,13-14H2,(H,31,36). The number of H-pyrrole nitrogens is 1. The largest absolute Gasteiger partial charge is 0.507 e. The number of benzene rings is 2. The van der Waals surface area contributed by atoms with Gasteiger partial charge in [-0.3, -0.25) is 14.5 Å². The number of thioether (sulfide) groups is 1. The molecule has 0 aliphatic carbocycles. The topological polar surface area (TPSA) is 93.6 Å². The van der Waals surface area contributed by atoms with Crippen molar-refractivity contribution in [1.82, 2.24) is 9.88 Å². The number of piperidine rings is 1. The van der Waals surface area contributed by atoms with Crippen LogP contribution in [0.2, 0.25) is 5.02 Å². The Balaban J connectivity index is 1.68. The molecule has 0 radical (unpaired) electrons. The summed E-state index contributed by atoms with van der Waals surface area (Å²) >= 11 is 7.04. The van der Waals surface area contributed by atoms with Crippen molar-refractivity contribution in [2.24, 2.45) is 0 Å². The number of likely N-dealkylation sites (tertiary alicyclic amines) is 1. The van der Waals surface area contributed by atoms with Crippen molar-refractivity contribution < 1.29 is 28.2 Å². The first-order valence-electron chi connectivity index (χ1n) is 11.8. The summed E-state index contributed by atoms with van der Waals surface area (Å²) in [6, 6.07) is 7.08. The van der Waals surface area contributed by atoms with Gasteiger partial charge in [0.15, 0.2) is 0 Å². The van der Waals surface area contributed by atoms with Gasteiger partial charge in [-0.2, -0.15) is 13.2 Å². The molecule has 1 saturated heterocycles. The molecule has 1 fully saturated rings. The maximum Gasteiger partial charge on any atom is 0.416 e. The number of rotatable bonds is 8. The molecule has 1 aliphatic rings. The van der Waals surface area contributed by atoms with Crippen LogP contribution in [0.3, 0.4) is 0 Å². The number of aromatic hydroxyl groups is 1. The molecule has 1 atom stereocenters. The van der Waals surface area contributed by atoms with Crippen LogP contribution in [0.5, 0.6) is 5.75 Å². The zero-order valence-electron chi connectivity index (χ0n) is 19.8. The fourth-order valence-corrected chi connectivity index (χ4v) is 5.79. The molecule has 3 N–H and O–H groups in total. The number of aromatic amines is 1. The zero-order valence-corrected chi connectivity index (χ0v) is 21.3. The lowest BCUT2D eigenvalue weighted by atomic mass is 9.98. The van der Waals surface area contributed by atoms with E-state index >= 15 is 0 Å². The Hall–Kier alpha value is -2.53. The number of Topliss-reactive ketones (excluding diaryl/α,β-unsaturated/α-hetero) is 1. The third kappa shape index (κ3) is 6.31. The number of hydrogen-bond acceptors (Lipinski definition) is 6. The molecule has 2 aromatic carbocycles. The van der Waals surface area contributed by atoms with Gasteiger partial charge in [0.25, 0.3) is 5.56 Å². The number of aliphatic hydroxyl groups excluding tert-OH is 1.